The molecule has 3 aromatic carbocycles. The van der Waals surface area contributed by atoms with Gasteiger partial charge in [0, 0.05) is 16.1 Å². The number of halogens is 2. The number of benzene rings is 3. The summed E-state index contributed by atoms with van der Waals surface area (Å²) in [5, 5.41) is 10.5. The van der Waals surface area contributed by atoms with E-state index in [9.17, 15) is 19.5 Å². The molecule has 0 radical (unpaired) electrons. The van der Waals surface area contributed by atoms with Crippen molar-refractivity contribution in [1.82, 2.24) is 0 Å². The van der Waals surface area contributed by atoms with Crippen LogP contribution in [0.2, 0.25) is 0 Å². The minimum Gasteiger partial charge on any atom is -0.496 e. The molecular weight excluding hydrogens is 792 g/mol. The van der Waals surface area contributed by atoms with Gasteiger partial charge in [0.15, 0.2) is 24.6 Å². The predicted octanol–water partition coefficient (Wildman–Crippen LogP) is 6.01. The van der Waals surface area contributed by atoms with E-state index < -0.39 is 67.1 Å². The van der Waals surface area contributed by atoms with Crippen molar-refractivity contribution in [1.29, 1.82) is 0 Å². The van der Waals surface area contributed by atoms with Crippen LogP contribution in [0.15, 0.2) is 87.8 Å². The molecule has 13 heteroatoms. The van der Waals surface area contributed by atoms with Gasteiger partial charge in [0.2, 0.25) is 0 Å². The van der Waals surface area contributed by atoms with E-state index in [4.69, 9.17) is 33.2 Å². The second kappa shape index (κ2) is 18.1. The van der Waals surface area contributed by atoms with Gasteiger partial charge in [0.05, 0.1) is 32.7 Å². The normalized spacial score (nSPS) is 26.0. The van der Waals surface area contributed by atoms with Crippen molar-refractivity contribution in [3.8, 4) is 11.5 Å². The third kappa shape index (κ3) is 9.58. The maximum atomic E-state index is 14.1. The SMILES string of the molecule is COc1cccc(OC)c1C(=O)O[C@H]1[C@@H]2OC(=O)[C@H](Cc3cccc(Br)c3)C/C=C\C[C@@H](Cc3cccc(Br)c3)C(=O)O[C@H]2[C@@H](OC)O[C@@H]1CO. The Morgan fingerprint density at radius 2 is 1.29 bits per heavy atom. The van der Waals surface area contributed by atoms with Crippen LogP contribution in [0, 0.1) is 11.8 Å². The van der Waals surface area contributed by atoms with Gasteiger partial charge < -0.3 is 38.3 Å². The molecule has 0 amide bonds. The minimum atomic E-state index is -1.45. The molecule has 5 rings (SSSR count). The van der Waals surface area contributed by atoms with Gasteiger partial charge in [-0.1, -0.05) is 74.3 Å². The molecule has 11 nitrogen and oxygen atoms in total. The molecule has 0 spiro atoms. The largest absolute Gasteiger partial charge is 0.496 e. The quantitative estimate of drug-likeness (QED) is 0.146. The summed E-state index contributed by atoms with van der Waals surface area (Å²) >= 11 is 7.00. The van der Waals surface area contributed by atoms with E-state index in [0.29, 0.717) is 25.7 Å². The van der Waals surface area contributed by atoms with Crippen LogP contribution >= 0.6 is 31.9 Å². The Morgan fingerprint density at radius 3 is 1.76 bits per heavy atom. The maximum Gasteiger partial charge on any atom is 0.346 e. The number of ether oxygens (including phenoxy) is 7. The number of carbonyl (C=O) groups is 3. The summed E-state index contributed by atoms with van der Waals surface area (Å²) in [6.07, 6.45) is -1.73. The zero-order valence-corrected chi connectivity index (χ0v) is 31.5. The van der Waals surface area contributed by atoms with E-state index in [1.807, 2.05) is 60.7 Å². The van der Waals surface area contributed by atoms with Crippen molar-refractivity contribution in [3.63, 3.8) is 0 Å². The second-order valence-corrected chi connectivity index (χ2v) is 14.0. The Labute approximate surface area is 313 Å². The van der Waals surface area contributed by atoms with Gasteiger partial charge >= 0.3 is 17.9 Å². The highest BCUT2D eigenvalue weighted by atomic mass is 79.9. The van der Waals surface area contributed by atoms with Crippen LogP contribution in [0.5, 0.6) is 11.5 Å². The topological polar surface area (TPSA) is 136 Å². The summed E-state index contributed by atoms with van der Waals surface area (Å²) in [7, 11) is 4.12. The first kappa shape index (κ1) is 38.5. The summed E-state index contributed by atoms with van der Waals surface area (Å²) in [5.74, 6) is -3.09. The third-order valence-corrected chi connectivity index (χ3v) is 9.79. The molecule has 7 atom stereocenters. The summed E-state index contributed by atoms with van der Waals surface area (Å²) in [4.78, 5) is 42.0. The molecule has 1 saturated heterocycles. The second-order valence-electron chi connectivity index (χ2n) is 12.2. The lowest BCUT2D eigenvalue weighted by atomic mass is 9.92. The minimum absolute atomic E-state index is 0.0344. The highest BCUT2D eigenvalue weighted by molar-refractivity contribution is 9.10. The number of hydrogen-bond donors (Lipinski definition) is 1. The Bertz CT molecular complexity index is 1690. The smallest absolute Gasteiger partial charge is 0.346 e. The van der Waals surface area contributed by atoms with Gasteiger partial charge in [-0.25, -0.2) is 4.79 Å². The Balaban J connectivity index is 1.56. The van der Waals surface area contributed by atoms with Crippen molar-refractivity contribution in [2.24, 2.45) is 11.8 Å². The van der Waals surface area contributed by atoms with Crippen LogP contribution < -0.4 is 9.47 Å². The van der Waals surface area contributed by atoms with Gasteiger partial charge in [0.1, 0.15) is 23.2 Å². The molecule has 2 aliphatic rings. The number of allylic oxidation sites excluding steroid dienone is 2. The van der Waals surface area contributed by atoms with E-state index in [1.165, 1.54) is 21.3 Å². The Kier molecular flexibility index (Phi) is 13.7. The van der Waals surface area contributed by atoms with Crippen molar-refractivity contribution in [2.45, 2.75) is 56.4 Å². The molecule has 0 aromatic heterocycles. The molecule has 1 N–H and O–H groups in total. The maximum absolute atomic E-state index is 14.1. The highest BCUT2D eigenvalue weighted by Gasteiger charge is 2.53. The van der Waals surface area contributed by atoms with Crippen molar-refractivity contribution < 1.29 is 52.6 Å². The lowest BCUT2D eigenvalue weighted by molar-refractivity contribution is -0.301. The van der Waals surface area contributed by atoms with Crippen LogP contribution in [-0.2, 0) is 46.1 Å². The summed E-state index contributed by atoms with van der Waals surface area (Å²) < 4.78 is 42.5. The third-order valence-electron chi connectivity index (χ3n) is 8.80. The molecule has 0 bridgehead atoms. The molecule has 2 heterocycles. The average molecular weight is 833 g/mol. The van der Waals surface area contributed by atoms with E-state index in [-0.39, 0.29) is 17.1 Å². The molecular formula is C38H40Br2O11. The van der Waals surface area contributed by atoms with Crippen LogP contribution in [0.1, 0.15) is 34.3 Å². The molecule has 3 aromatic rings. The average Bonchev–Trinajstić information content (AvgIpc) is 3.12. The summed E-state index contributed by atoms with van der Waals surface area (Å²) in [6.45, 7) is -0.648. The predicted molar refractivity (Wildman–Crippen MR) is 192 cm³/mol. The molecule has 0 unspecified atom stereocenters. The zero-order valence-electron chi connectivity index (χ0n) is 28.4. The highest BCUT2D eigenvalue weighted by Crippen LogP contribution is 2.35. The molecule has 51 heavy (non-hydrogen) atoms. The van der Waals surface area contributed by atoms with E-state index >= 15 is 0 Å². The fraction of sp³-hybridized carbons (Fsp3) is 0.395. The molecule has 272 valence electrons. The first-order valence-electron chi connectivity index (χ1n) is 16.4. The number of aliphatic hydroxyl groups excluding tert-OH is 1. The van der Waals surface area contributed by atoms with E-state index in [1.54, 1.807) is 18.2 Å². The number of fused-ring (bicyclic) bond motifs is 1. The van der Waals surface area contributed by atoms with Crippen LogP contribution in [0.4, 0.5) is 0 Å². The fourth-order valence-corrected chi connectivity index (χ4v) is 7.15. The molecule has 0 saturated carbocycles. The van der Waals surface area contributed by atoms with Crippen molar-refractivity contribution in [3.05, 3.63) is 105 Å². The zero-order chi connectivity index (χ0) is 36.5. The number of carbonyl (C=O) groups excluding carboxylic acids is 3. The fourth-order valence-electron chi connectivity index (χ4n) is 6.26. The standard InChI is InChI=1S/C38H40Br2O11/c1-45-28-15-8-16-29(46-2)31(28)37(44)49-32-30(21-41)48-38(47-3)34-33(32)50-35(42)24(17-22-9-6-13-26(39)19-22)11-4-5-12-25(36(43)51-34)18-23-10-7-14-27(40)20-23/h4-10,13-16,19-20,24-25,30,32-34,38,41H,11-12,17-18,21H2,1-3H3/b5-4-/t24-,25-,30+,32+,33-,34+,38-/m0/s1. The van der Waals surface area contributed by atoms with Crippen LogP contribution in [0.3, 0.4) is 0 Å². The number of aliphatic hydroxyl groups is 1. The van der Waals surface area contributed by atoms with Crippen molar-refractivity contribution >= 4 is 49.8 Å². The first-order chi connectivity index (χ1) is 24.6. The summed E-state index contributed by atoms with van der Waals surface area (Å²) in [5.41, 5.74) is 1.76. The van der Waals surface area contributed by atoms with E-state index in [2.05, 4.69) is 31.9 Å². The van der Waals surface area contributed by atoms with Gasteiger partial charge in [0.25, 0.3) is 0 Å². The van der Waals surface area contributed by atoms with Gasteiger partial charge in [-0.05, 0) is 73.2 Å². The Morgan fingerprint density at radius 1 is 0.784 bits per heavy atom. The summed E-state index contributed by atoms with van der Waals surface area (Å²) in [6, 6.07) is 20.0. The number of hydrogen-bond acceptors (Lipinski definition) is 11. The number of esters is 3. The van der Waals surface area contributed by atoms with Gasteiger partial charge in [-0.3, -0.25) is 9.59 Å². The molecule has 2 aliphatic heterocycles. The lowest BCUT2D eigenvalue weighted by Gasteiger charge is -2.44. The lowest BCUT2D eigenvalue weighted by Crippen LogP contribution is -2.63. The number of methoxy groups -OCH3 is 3. The van der Waals surface area contributed by atoms with Crippen LogP contribution in [0.25, 0.3) is 0 Å². The van der Waals surface area contributed by atoms with Gasteiger partial charge in [-0.15, -0.1) is 0 Å². The first-order valence-corrected chi connectivity index (χ1v) is 18.0. The van der Waals surface area contributed by atoms with Gasteiger partial charge in [-0.2, -0.15) is 0 Å². The van der Waals surface area contributed by atoms with Crippen molar-refractivity contribution in [2.75, 3.05) is 27.9 Å². The van der Waals surface area contributed by atoms with E-state index in [0.717, 1.165) is 20.1 Å². The molecule has 0 aliphatic carbocycles. The Hall–Kier alpha value is -3.75. The van der Waals surface area contributed by atoms with Crippen LogP contribution in [-0.4, -0.2) is 81.7 Å². The molecule has 1 fully saturated rings. The monoisotopic (exact) mass is 830 g/mol. The number of rotatable bonds is 10.